The molecule has 0 spiro atoms. The fourth-order valence-electron chi connectivity index (χ4n) is 2.32. The number of nitrogens with one attached hydrogen (secondary N) is 2. The van der Waals surface area contributed by atoms with Gasteiger partial charge in [-0.15, -0.1) is 0 Å². The van der Waals surface area contributed by atoms with Gasteiger partial charge in [0.25, 0.3) is 0 Å². The summed E-state index contributed by atoms with van der Waals surface area (Å²) in [6, 6.07) is 7.45. The van der Waals surface area contributed by atoms with E-state index in [9.17, 15) is 9.59 Å². The minimum absolute atomic E-state index is 0.329. The second-order valence-electron chi connectivity index (χ2n) is 5.78. The number of hydrogen-bond donors (Lipinski definition) is 2. The van der Waals surface area contributed by atoms with Crippen LogP contribution in [-0.2, 0) is 16.1 Å². The summed E-state index contributed by atoms with van der Waals surface area (Å²) in [5.74, 6) is -0.353. The van der Waals surface area contributed by atoms with Crippen LogP contribution in [0.15, 0.2) is 24.3 Å². The monoisotopic (exact) mass is 334 g/mol. The van der Waals surface area contributed by atoms with E-state index in [-0.39, 0.29) is 0 Å². The van der Waals surface area contributed by atoms with Gasteiger partial charge < -0.3 is 15.4 Å². The Morgan fingerprint density at radius 1 is 0.875 bits per heavy atom. The van der Waals surface area contributed by atoms with Crippen molar-refractivity contribution >= 4 is 11.8 Å². The van der Waals surface area contributed by atoms with Crippen LogP contribution in [0, 0.1) is 0 Å². The Labute approximate surface area is 145 Å². The Balaban J connectivity index is 2.16. The molecule has 5 heteroatoms. The maximum atomic E-state index is 11.7. The maximum Gasteiger partial charge on any atom is 0.309 e. The molecule has 24 heavy (non-hydrogen) atoms. The van der Waals surface area contributed by atoms with Crippen molar-refractivity contribution in [2.45, 2.75) is 58.9 Å². The van der Waals surface area contributed by atoms with E-state index in [2.05, 4.69) is 17.6 Å². The molecule has 134 valence electrons. The summed E-state index contributed by atoms with van der Waals surface area (Å²) in [6.07, 6.45) is 6.93. The van der Waals surface area contributed by atoms with Crippen LogP contribution < -0.4 is 15.4 Å². The first-order chi connectivity index (χ1) is 11.7. The van der Waals surface area contributed by atoms with Crippen LogP contribution in [0.2, 0.25) is 0 Å². The lowest BCUT2D eigenvalue weighted by atomic mass is 10.1. The van der Waals surface area contributed by atoms with E-state index in [4.69, 9.17) is 4.74 Å². The zero-order valence-corrected chi connectivity index (χ0v) is 14.9. The van der Waals surface area contributed by atoms with Gasteiger partial charge in [-0.2, -0.15) is 0 Å². The standard InChI is InChI=1S/C19H30N2O3/c1-3-5-6-7-8-9-14-20-18(22)19(23)21-15-16-10-12-17(13-11-16)24-4-2/h10-13H,3-9,14-15H2,1-2H3,(H,20,22)(H,21,23). The Morgan fingerprint density at radius 3 is 2.17 bits per heavy atom. The normalized spacial score (nSPS) is 10.2. The van der Waals surface area contributed by atoms with Crippen molar-refractivity contribution in [2.24, 2.45) is 0 Å². The number of carbonyl (C=O) groups excluding carboxylic acids is 2. The molecular weight excluding hydrogens is 304 g/mol. The van der Waals surface area contributed by atoms with Crippen LogP contribution in [0.3, 0.4) is 0 Å². The molecule has 0 heterocycles. The predicted octanol–water partition coefficient (Wildman–Crippen LogP) is 3.18. The summed E-state index contributed by atoms with van der Waals surface area (Å²) in [7, 11) is 0. The first-order valence-electron chi connectivity index (χ1n) is 8.95. The summed E-state index contributed by atoms with van der Waals surface area (Å²) < 4.78 is 5.36. The lowest BCUT2D eigenvalue weighted by molar-refractivity contribution is -0.139. The van der Waals surface area contributed by atoms with Crippen LogP contribution in [0.25, 0.3) is 0 Å². The third-order valence-electron chi connectivity index (χ3n) is 3.71. The third kappa shape index (κ3) is 8.56. The highest BCUT2D eigenvalue weighted by molar-refractivity contribution is 6.35. The van der Waals surface area contributed by atoms with Crippen LogP contribution >= 0.6 is 0 Å². The smallest absolute Gasteiger partial charge is 0.309 e. The van der Waals surface area contributed by atoms with E-state index in [1.807, 2.05) is 31.2 Å². The first kappa shape index (κ1) is 20.0. The van der Waals surface area contributed by atoms with E-state index in [1.54, 1.807) is 0 Å². The molecule has 0 bridgehead atoms. The lowest BCUT2D eigenvalue weighted by Gasteiger charge is -2.08. The van der Waals surface area contributed by atoms with Crippen molar-refractivity contribution in [1.29, 1.82) is 0 Å². The molecule has 2 amide bonds. The van der Waals surface area contributed by atoms with Crippen LogP contribution in [0.5, 0.6) is 5.75 Å². The zero-order chi connectivity index (χ0) is 17.6. The Bertz CT molecular complexity index is 486. The van der Waals surface area contributed by atoms with E-state index in [0.717, 1.165) is 24.2 Å². The van der Waals surface area contributed by atoms with Crippen LogP contribution in [0.1, 0.15) is 57.9 Å². The van der Waals surface area contributed by atoms with Crippen molar-refractivity contribution in [3.05, 3.63) is 29.8 Å². The fourth-order valence-corrected chi connectivity index (χ4v) is 2.32. The number of carbonyl (C=O) groups is 2. The van der Waals surface area contributed by atoms with Gasteiger partial charge in [0, 0.05) is 13.1 Å². The van der Waals surface area contributed by atoms with E-state index < -0.39 is 11.8 Å². The molecule has 0 radical (unpaired) electrons. The van der Waals surface area contributed by atoms with Gasteiger partial charge in [0.05, 0.1) is 6.61 Å². The Hall–Kier alpha value is -2.04. The summed E-state index contributed by atoms with van der Waals surface area (Å²) in [4.78, 5) is 23.4. The van der Waals surface area contributed by atoms with Gasteiger partial charge in [-0.05, 0) is 31.0 Å². The molecule has 0 saturated carbocycles. The van der Waals surface area contributed by atoms with E-state index in [0.29, 0.717) is 19.7 Å². The van der Waals surface area contributed by atoms with Gasteiger partial charge in [0.15, 0.2) is 0 Å². The van der Waals surface area contributed by atoms with Gasteiger partial charge in [-0.3, -0.25) is 9.59 Å². The first-order valence-corrected chi connectivity index (χ1v) is 8.95. The van der Waals surface area contributed by atoms with Crippen molar-refractivity contribution in [3.8, 4) is 5.75 Å². The fraction of sp³-hybridized carbons (Fsp3) is 0.579. The zero-order valence-electron chi connectivity index (χ0n) is 14.9. The number of unbranched alkanes of at least 4 members (excludes halogenated alkanes) is 5. The highest BCUT2D eigenvalue weighted by Gasteiger charge is 2.11. The molecule has 0 aliphatic carbocycles. The largest absolute Gasteiger partial charge is 0.494 e. The lowest BCUT2D eigenvalue weighted by Crippen LogP contribution is -2.39. The molecule has 1 aromatic carbocycles. The molecule has 0 fully saturated rings. The van der Waals surface area contributed by atoms with Crippen molar-refractivity contribution in [1.82, 2.24) is 10.6 Å². The average molecular weight is 334 g/mol. The maximum absolute atomic E-state index is 11.7. The molecule has 0 aliphatic heterocycles. The molecule has 5 nitrogen and oxygen atoms in total. The molecule has 0 unspecified atom stereocenters. The Morgan fingerprint density at radius 2 is 1.50 bits per heavy atom. The number of hydrogen-bond acceptors (Lipinski definition) is 3. The molecule has 1 rings (SSSR count). The topological polar surface area (TPSA) is 67.4 Å². The average Bonchev–Trinajstić information content (AvgIpc) is 2.60. The quantitative estimate of drug-likeness (QED) is 0.482. The van der Waals surface area contributed by atoms with Gasteiger partial charge in [0.2, 0.25) is 0 Å². The SMILES string of the molecule is CCCCCCCCNC(=O)C(=O)NCc1ccc(OCC)cc1. The summed E-state index contributed by atoms with van der Waals surface area (Å²) in [6.45, 7) is 5.62. The molecule has 0 atom stereocenters. The number of ether oxygens (including phenoxy) is 1. The van der Waals surface area contributed by atoms with Crippen molar-refractivity contribution < 1.29 is 14.3 Å². The summed E-state index contributed by atoms with van der Waals surface area (Å²) >= 11 is 0. The summed E-state index contributed by atoms with van der Waals surface area (Å²) in [5.41, 5.74) is 0.926. The molecular formula is C19H30N2O3. The van der Waals surface area contributed by atoms with Crippen molar-refractivity contribution in [2.75, 3.05) is 13.2 Å². The molecule has 0 saturated heterocycles. The van der Waals surface area contributed by atoms with Gasteiger partial charge >= 0.3 is 11.8 Å². The van der Waals surface area contributed by atoms with E-state index in [1.165, 1.54) is 25.7 Å². The second-order valence-corrected chi connectivity index (χ2v) is 5.78. The molecule has 0 aliphatic rings. The molecule has 2 N–H and O–H groups in total. The highest BCUT2D eigenvalue weighted by Crippen LogP contribution is 2.11. The highest BCUT2D eigenvalue weighted by atomic mass is 16.5. The van der Waals surface area contributed by atoms with E-state index >= 15 is 0 Å². The Kier molecular flexibility index (Phi) is 10.3. The van der Waals surface area contributed by atoms with Crippen molar-refractivity contribution in [3.63, 3.8) is 0 Å². The van der Waals surface area contributed by atoms with Gasteiger partial charge in [0.1, 0.15) is 5.75 Å². The minimum atomic E-state index is -0.588. The minimum Gasteiger partial charge on any atom is -0.494 e. The van der Waals surface area contributed by atoms with Crippen LogP contribution in [-0.4, -0.2) is 25.0 Å². The van der Waals surface area contributed by atoms with Gasteiger partial charge in [-0.25, -0.2) is 0 Å². The van der Waals surface area contributed by atoms with Crippen LogP contribution in [0.4, 0.5) is 0 Å². The molecule has 0 aromatic heterocycles. The summed E-state index contributed by atoms with van der Waals surface area (Å²) in [5, 5.41) is 5.29. The van der Waals surface area contributed by atoms with Gasteiger partial charge in [-0.1, -0.05) is 51.2 Å². The third-order valence-corrected chi connectivity index (χ3v) is 3.71. The predicted molar refractivity (Wildman–Crippen MR) is 95.8 cm³/mol. The second kappa shape index (κ2) is 12.4. The number of amides is 2. The molecule has 1 aromatic rings. The number of benzene rings is 1. The number of rotatable bonds is 11.